The largest absolute Gasteiger partial charge is 0.0683 e. The van der Waals surface area contributed by atoms with Crippen LogP contribution in [0.15, 0.2) is 0 Å². The number of hydrogen-bond acceptors (Lipinski definition) is 0. The highest BCUT2D eigenvalue weighted by Crippen LogP contribution is 2.50. The highest BCUT2D eigenvalue weighted by molar-refractivity contribution is 4.89. The molecule has 0 nitrogen and oxygen atoms in total. The molecule has 0 radical (unpaired) electrons. The molecular formula is C16H32. The smallest absolute Gasteiger partial charge is 0.0272 e. The molecule has 2 aliphatic carbocycles. The predicted molar refractivity (Wildman–Crippen MR) is 73.7 cm³/mol. The van der Waals surface area contributed by atoms with Gasteiger partial charge in [-0.1, -0.05) is 65.7 Å². The minimum absolute atomic E-state index is 0.790. The zero-order chi connectivity index (χ0) is 11.9. The second-order valence-corrected chi connectivity index (χ2v) is 5.61. The molecule has 16 heavy (non-hydrogen) atoms. The van der Waals surface area contributed by atoms with E-state index < -0.39 is 0 Å². The van der Waals surface area contributed by atoms with Gasteiger partial charge in [0, 0.05) is 0 Å². The molecule has 0 atom stereocenters. The summed E-state index contributed by atoms with van der Waals surface area (Å²) in [4.78, 5) is 0. The zero-order valence-electron chi connectivity index (χ0n) is 11.9. The van der Waals surface area contributed by atoms with Crippen LogP contribution in [-0.2, 0) is 0 Å². The van der Waals surface area contributed by atoms with E-state index in [2.05, 4.69) is 6.92 Å². The molecule has 0 aromatic carbocycles. The van der Waals surface area contributed by atoms with Crippen molar-refractivity contribution in [3.63, 3.8) is 0 Å². The summed E-state index contributed by atoms with van der Waals surface area (Å²) in [5, 5.41) is 0. The summed E-state index contributed by atoms with van der Waals surface area (Å²) in [7, 11) is 0. The second kappa shape index (κ2) is 7.35. The topological polar surface area (TPSA) is 0 Å². The van der Waals surface area contributed by atoms with Crippen LogP contribution in [-0.4, -0.2) is 0 Å². The highest BCUT2D eigenvalue weighted by atomic mass is 14.4. The van der Waals surface area contributed by atoms with E-state index in [-0.39, 0.29) is 0 Å². The van der Waals surface area contributed by atoms with E-state index in [1.165, 1.54) is 44.9 Å². The van der Waals surface area contributed by atoms with Gasteiger partial charge in [-0.25, -0.2) is 0 Å². The Morgan fingerprint density at radius 3 is 1.81 bits per heavy atom. The van der Waals surface area contributed by atoms with E-state index in [4.69, 9.17) is 0 Å². The Morgan fingerprint density at radius 2 is 1.31 bits per heavy atom. The van der Waals surface area contributed by atoms with Crippen LogP contribution in [0.2, 0.25) is 0 Å². The van der Waals surface area contributed by atoms with Crippen molar-refractivity contribution >= 4 is 0 Å². The van der Waals surface area contributed by atoms with E-state index in [1.54, 1.807) is 25.7 Å². The monoisotopic (exact) mass is 224 g/mol. The maximum atomic E-state index is 2.44. The van der Waals surface area contributed by atoms with Crippen LogP contribution in [0.4, 0.5) is 0 Å². The summed E-state index contributed by atoms with van der Waals surface area (Å²) in [5.41, 5.74) is 0.790. The van der Waals surface area contributed by atoms with Crippen molar-refractivity contribution in [2.24, 2.45) is 11.3 Å². The molecule has 0 unspecified atom stereocenters. The lowest BCUT2D eigenvalue weighted by atomic mass is 9.60. The van der Waals surface area contributed by atoms with Crippen molar-refractivity contribution in [1.82, 2.24) is 0 Å². The minimum atomic E-state index is 0.790. The first kappa shape index (κ1) is 14.1. The summed E-state index contributed by atoms with van der Waals surface area (Å²) < 4.78 is 0. The summed E-state index contributed by atoms with van der Waals surface area (Å²) in [6.07, 6.45) is 16.7. The molecule has 0 aromatic rings. The van der Waals surface area contributed by atoms with Gasteiger partial charge >= 0.3 is 0 Å². The first-order valence-corrected chi connectivity index (χ1v) is 7.87. The first-order valence-electron chi connectivity index (χ1n) is 7.87. The summed E-state index contributed by atoms with van der Waals surface area (Å²) in [6, 6.07) is 0. The van der Waals surface area contributed by atoms with Crippen molar-refractivity contribution in [2.75, 3.05) is 0 Å². The molecule has 0 aromatic heterocycles. The fraction of sp³-hybridized carbons (Fsp3) is 1.00. The van der Waals surface area contributed by atoms with Crippen LogP contribution >= 0.6 is 0 Å². The van der Waals surface area contributed by atoms with Crippen LogP contribution in [0, 0.1) is 11.3 Å². The third kappa shape index (κ3) is 3.25. The minimum Gasteiger partial charge on any atom is -0.0683 e. The third-order valence-corrected chi connectivity index (χ3v) is 5.02. The Balaban J connectivity index is 0.000000606. The quantitative estimate of drug-likeness (QED) is 0.543. The maximum Gasteiger partial charge on any atom is -0.0272 e. The Hall–Kier alpha value is 0. The summed E-state index contributed by atoms with van der Waals surface area (Å²) in [5.74, 6) is 1.10. The lowest BCUT2D eigenvalue weighted by Gasteiger charge is -2.45. The Bertz CT molecular complexity index is 159. The average molecular weight is 224 g/mol. The van der Waals surface area contributed by atoms with E-state index in [1.807, 2.05) is 13.8 Å². The van der Waals surface area contributed by atoms with Crippen molar-refractivity contribution in [1.29, 1.82) is 0 Å². The molecule has 0 N–H and O–H groups in total. The lowest BCUT2D eigenvalue weighted by molar-refractivity contribution is 0.0628. The van der Waals surface area contributed by atoms with Gasteiger partial charge in [-0.3, -0.25) is 0 Å². The van der Waals surface area contributed by atoms with Crippen molar-refractivity contribution in [2.45, 2.75) is 91.4 Å². The molecule has 96 valence electrons. The third-order valence-electron chi connectivity index (χ3n) is 5.02. The Labute approximate surface area is 103 Å². The van der Waals surface area contributed by atoms with Gasteiger partial charge in [0.05, 0.1) is 0 Å². The van der Waals surface area contributed by atoms with Gasteiger partial charge in [-0.15, -0.1) is 0 Å². The first-order chi connectivity index (χ1) is 7.87. The van der Waals surface area contributed by atoms with Crippen molar-refractivity contribution in [3.05, 3.63) is 0 Å². The molecule has 0 bridgehead atoms. The SMILES string of the molecule is CC.CCC1(C2CCCCC2)CCCCC1. The molecule has 0 aliphatic heterocycles. The fourth-order valence-electron chi connectivity index (χ4n) is 4.02. The van der Waals surface area contributed by atoms with Crippen molar-refractivity contribution in [3.8, 4) is 0 Å². The average Bonchev–Trinajstić information content (AvgIpc) is 2.43. The van der Waals surface area contributed by atoms with Gasteiger partial charge < -0.3 is 0 Å². The molecule has 2 saturated carbocycles. The normalized spacial score (nSPS) is 25.7. The van der Waals surface area contributed by atoms with Crippen LogP contribution in [0.1, 0.15) is 91.4 Å². The van der Waals surface area contributed by atoms with Crippen molar-refractivity contribution < 1.29 is 0 Å². The van der Waals surface area contributed by atoms with Crippen LogP contribution in [0.5, 0.6) is 0 Å². The maximum absolute atomic E-state index is 2.44. The summed E-state index contributed by atoms with van der Waals surface area (Å²) >= 11 is 0. The molecular weight excluding hydrogens is 192 g/mol. The van der Waals surface area contributed by atoms with Gasteiger partial charge in [-0.05, 0) is 37.0 Å². The second-order valence-electron chi connectivity index (χ2n) is 5.61. The molecule has 0 heterocycles. The van der Waals surface area contributed by atoms with Gasteiger partial charge in [-0.2, -0.15) is 0 Å². The molecule has 0 spiro atoms. The Kier molecular flexibility index (Phi) is 6.46. The molecule has 2 rings (SSSR count). The lowest BCUT2D eigenvalue weighted by Crippen LogP contribution is -2.33. The molecule has 0 saturated heterocycles. The number of rotatable bonds is 2. The van der Waals surface area contributed by atoms with Gasteiger partial charge in [0.1, 0.15) is 0 Å². The van der Waals surface area contributed by atoms with Crippen LogP contribution in [0.25, 0.3) is 0 Å². The van der Waals surface area contributed by atoms with E-state index in [0.717, 1.165) is 11.3 Å². The molecule has 0 heteroatoms. The highest BCUT2D eigenvalue weighted by Gasteiger charge is 2.38. The van der Waals surface area contributed by atoms with Gasteiger partial charge in [0.2, 0.25) is 0 Å². The van der Waals surface area contributed by atoms with E-state index in [9.17, 15) is 0 Å². The fourth-order valence-corrected chi connectivity index (χ4v) is 4.02. The Morgan fingerprint density at radius 1 is 0.812 bits per heavy atom. The number of hydrogen-bond donors (Lipinski definition) is 0. The summed E-state index contributed by atoms with van der Waals surface area (Å²) in [6.45, 7) is 6.44. The van der Waals surface area contributed by atoms with Crippen LogP contribution in [0.3, 0.4) is 0 Å². The van der Waals surface area contributed by atoms with Crippen LogP contribution < -0.4 is 0 Å². The van der Waals surface area contributed by atoms with E-state index in [0.29, 0.717) is 0 Å². The molecule has 2 aliphatic rings. The zero-order valence-corrected chi connectivity index (χ0v) is 11.9. The molecule has 2 fully saturated rings. The van der Waals surface area contributed by atoms with Gasteiger partial charge in [0.15, 0.2) is 0 Å². The predicted octanol–water partition coefficient (Wildman–Crippen LogP) is 5.95. The molecule has 0 amide bonds. The standard InChI is InChI=1S/C14H26.C2H6/c1-2-14(11-7-4-8-12-14)13-9-5-3-6-10-13;1-2/h13H,2-12H2,1H3;1-2H3. The van der Waals surface area contributed by atoms with E-state index >= 15 is 0 Å². The van der Waals surface area contributed by atoms with Gasteiger partial charge in [0.25, 0.3) is 0 Å².